The summed E-state index contributed by atoms with van der Waals surface area (Å²) in [4.78, 5) is 25.0. The molecule has 0 bridgehead atoms. The number of nitrogens with zero attached hydrogens (tertiary/aromatic N) is 6. The molecule has 101 heavy (non-hydrogen) atoms. The van der Waals surface area contributed by atoms with E-state index in [4.69, 9.17) is 25.8 Å². The molecule has 1 N–H and O–H groups in total. The van der Waals surface area contributed by atoms with Gasteiger partial charge < -0.3 is 14.4 Å². The van der Waals surface area contributed by atoms with Gasteiger partial charge >= 0.3 is 131 Å². The third kappa shape index (κ3) is 25.1. The van der Waals surface area contributed by atoms with Crippen molar-refractivity contribution in [2.24, 2.45) is 9.98 Å². The van der Waals surface area contributed by atoms with Crippen LogP contribution < -0.4 is 9.17 Å². The molecule has 4 aromatic heterocycles. The molecule has 2 aliphatic rings. The van der Waals surface area contributed by atoms with Gasteiger partial charge in [0.25, 0.3) is 0 Å². The SMILES string of the molecule is C#Cc1ccccc1.C1=NCN=C1c1ccccc1.CC1(C)OB(c2cc(-c3ccccn3)c(F)cc2F)OC1(C)C.CCC[CH2][Sn]([CH2]CCC)([CH2]CCC)[c]1ccccn1.Fc1cc(F)c(-c2ccccn2)cc1Br.Fc1cc(F)c(Br)cc1Br.Oc1cc(-c2ccccn2)c(F)cc1F. The number of aliphatic imine (C=N–C) groups is 2. The van der Waals surface area contributed by atoms with Crippen LogP contribution >= 0.6 is 47.8 Å². The maximum absolute atomic E-state index is 14.3. The number of halogens is 11. The van der Waals surface area contributed by atoms with Crippen LogP contribution in [0.3, 0.4) is 0 Å². The Kier molecular flexibility index (Phi) is 33.7. The van der Waals surface area contributed by atoms with E-state index >= 15 is 0 Å². The predicted molar refractivity (Wildman–Crippen MR) is 405 cm³/mol. The topological polar surface area (TPSA) is 115 Å². The van der Waals surface area contributed by atoms with Gasteiger partial charge in [-0.05, 0) is 148 Å². The summed E-state index contributed by atoms with van der Waals surface area (Å²) in [7, 11) is -0.886. The summed E-state index contributed by atoms with van der Waals surface area (Å²) in [5.74, 6) is -3.57. The number of aromatic nitrogens is 4. The molecule has 0 unspecified atom stereocenters. The fourth-order valence-electron chi connectivity index (χ4n) is 10.0. The van der Waals surface area contributed by atoms with Gasteiger partial charge in [-0.3, -0.25) is 24.9 Å². The Hall–Kier alpha value is -7.72. The van der Waals surface area contributed by atoms with Crippen molar-refractivity contribution in [1.29, 1.82) is 0 Å². The Morgan fingerprint density at radius 3 is 1.27 bits per heavy atom. The van der Waals surface area contributed by atoms with Crippen LogP contribution in [-0.2, 0) is 9.31 Å². The number of terminal acetylenes is 1. The zero-order valence-corrected chi connectivity index (χ0v) is 64.6. The van der Waals surface area contributed by atoms with E-state index in [9.17, 15) is 35.1 Å². The Bertz CT molecular complexity index is 4130. The fraction of sp³-hybridized carbons (Fsp3) is 0.241. The minimum absolute atomic E-state index is 0.0782. The molecule has 0 spiro atoms. The quantitative estimate of drug-likeness (QED) is 0.0470. The van der Waals surface area contributed by atoms with Crippen molar-refractivity contribution >= 4 is 94.4 Å². The van der Waals surface area contributed by atoms with E-state index in [1.807, 2.05) is 101 Å². The molecule has 526 valence electrons. The molecule has 0 amide bonds. The molecule has 1 fully saturated rings. The number of aromatic hydroxyl groups is 1. The third-order valence-electron chi connectivity index (χ3n) is 16.2. The molecule has 12 rings (SSSR count). The second-order valence-electron chi connectivity index (χ2n) is 24.0. The van der Waals surface area contributed by atoms with Gasteiger partial charge in [-0.25, -0.2) is 35.1 Å². The molecule has 6 aromatic carbocycles. The van der Waals surface area contributed by atoms with E-state index in [0.717, 1.165) is 41.1 Å². The maximum atomic E-state index is 14.3. The summed E-state index contributed by atoms with van der Waals surface area (Å²) in [6.07, 6.45) is 21.8. The summed E-state index contributed by atoms with van der Waals surface area (Å²) >= 11 is 6.62. The van der Waals surface area contributed by atoms with Crippen molar-refractivity contribution in [3.8, 4) is 51.9 Å². The van der Waals surface area contributed by atoms with Crippen LogP contribution in [0.4, 0.5) is 35.1 Å². The molecule has 1 saturated heterocycles. The summed E-state index contributed by atoms with van der Waals surface area (Å²) in [6, 6.07) is 49.8. The van der Waals surface area contributed by atoms with Crippen molar-refractivity contribution in [3.63, 3.8) is 0 Å². The summed E-state index contributed by atoms with van der Waals surface area (Å²) < 4.78 is 124. The molecule has 0 aliphatic carbocycles. The van der Waals surface area contributed by atoms with Gasteiger partial charge in [-0.15, -0.1) is 6.42 Å². The largest absolute Gasteiger partial charge is 0.505 e. The van der Waals surface area contributed by atoms with Gasteiger partial charge in [0.15, 0.2) is 11.6 Å². The molecule has 0 atom stereocenters. The monoisotopic (exact) mass is 1680 g/mol. The van der Waals surface area contributed by atoms with Crippen molar-refractivity contribution in [3.05, 3.63) is 278 Å². The Balaban J connectivity index is 0.000000190. The number of phenolic OH excluding ortho intramolecular Hbond substituents is 1. The summed E-state index contributed by atoms with van der Waals surface area (Å²) in [6.45, 7) is 15.1. The summed E-state index contributed by atoms with van der Waals surface area (Å²) in [5.41, 5.74) is 3.91. The van der Waals surface area contributed by atoms with Crippen molar-refractivity contribution in [2.75, 3.05) is 6.67 Å². The standard InChI is InChI=1S/C17H18BF2NO2.C11H6BrF2N.C11H7F2NO.C9H8N2.C8H6.C6H2Br2F2.C5H4N.3C4H9.Sn/c1-16(2)17(3,4)23-18(22-16)12-9-11(13(19)10-14(12)20)15-7-5-6-8-21-15;12-8-5-7(9(13)6-10(8)14)11-3-1-2-4-15-11;12-8-6-9(13)11(15)5-7(8)10-3-1-2-4-14-10;1-2-4-8(5-3-1)9-6-10-7-11-9;1-2-8-6-4-3-5-7-8;7-3-1-4(8)6(10)2-5(3)9;1-2-4-6-5-3-1;3*1-3-4-2;/h5-10H,1-4H3;1-6H;1-6,15H;1-6H,7H2;1,3-7H;1-2H;1-4H;3*1,3-4H2,2H3;. The molecule has 9 nitrogen and oxygen atoms in total. The van der Waals surface area contributed by atoms with E-state index in [1.54, 1.807) is 70.7 Å². The Morgan fingerprint density at radius 2 is 0.871 bits per heavy atom. The first-order valence-electron chi connectivity index (χ1n) is 32.6. The number of hydrogen-bond acceptors (Lipinski definition) is 9. The average Bonchev–Trinajstić information content (AvgIpc) is 1.64. The second-order valence-corrected chi connectivity index (χ2v) is 39.6. The van der Waals surface area contributed by atoms with Gasteiger partial charge in [0.05, 0.1) is 47.4 Å². The molecule has 10 aromatic rings. The van der Waals surface area contributed by atoms with E-state index in [1.165, 1.54) is 76.2 Å². The Labute approximate surface area is 616 Å². The van der Waals surface area contributed by atoms with E-state index in [0.29, 0.717) is 29.8 Å². The minimum atomic E-state index is -2.21. The average molecular weight is 1680 g/mol. The van der Waals surface area contributed by atoms with Crippen LogP contribution in [-0.4, -0.2) is 80.3 Å². The van der Waals surface area contributed by atoms with E-state index in [2.05, 4.69) is 118 Å². The molecular weight excluding hydrogens is 1600 g/mol. The Morgan fingerprint density at radius 1 is 0.475 bits per heavy atom. The molecule has 22 heteroatoms. The zero-order chi connectivity index (χ0) is 73.5. The van der Waals surface area contributed by atoms with E-state index in [-0.39, 0.29) is 35.6 Å². The number of unbranched alkanes of at least 4 members (excludes halogenated alkanes) is 3. The molecule has 2 aliphatic heterocycles. The van der Waals surface area contributed by atoms with Gasteiger partial charge in [0, 0.05) is 82.4 Å². The third-order valence-corrected chi connectivity index (χ3v) is 33.2. The van der Waals surface area contributed by atoms with Crippen LogP contribution in [0.25, 0.3) is 33.8 Å². The molecular formula is C79H78BBr3F8N6O3Sn. The number of rotatable bonds is 15. The number of pyridine rings is 4. The van der Waals surface area contributed by atoms with Gasteiger partial charge in [0.1, 0.15) is 47.4 Å². The molecule has 6 heterocycles. The van der Waals surface area contributed by atoms with Crippen molar-refractivity contribution < 1.29 is 49.5 Å². The normalized spacial score (nSPS) is 12.9. The molecule has 0 radical (unpaired) electrons. The maximum Gasteiger partial charge on any atom is 0.167 e. The predicted octanol–water partition coefficient (Wildman–Crippen LogP) is 21.7. The first-order chi connectivity index (χ1) is 48.4. The molecule has 0 saturated carbocycles. The number of phenols is 1. The minimum Gasteiger partial charge on any atom is -0.505 e. The van der Waals surface area contributed by atoms with Crippen LogP contribution in [0.15, 0.2) is 230 Å². The number of benzene rings is 6. The zero-order valence-electron chi connectivity index (χ0n) is 57.0. The van der Waals surface area contributed by atoms with E-state index < -0.39 is 89.0 Å². The number of hydrogen-bond donors (Lipinski definition) is 1. The fourth-order valence-corrected chi connectivity index (χ4v) is 26.8. The first kappa shape index (κ1) is 82.2. The van der Waals surface area contributed by atoms with Crippen LogP contribution in [0, 0.1) is 58.9 Å². The smallest absolute Gasteiger partial charge is 0.167 e. The van der Waals surface area contributed by atoms with Crippen LogP contribution in [0.5, 0.6) is 5.75 Å². The van der Waals surface area contributed by atoms with Crippen LogP contribution in [0.1, 0.15) is 98.1 Å². The van der Waals surface area contributed by atoms with Gasteiger partial charge in [-0.1, -0.05) is 72.7 Å². The van der Waals surface area contributed by atoms with Crippen molar-refractivity contribution in [2.45, 2.75) is 112 Å². The summed E-state index contributed by atoms with van der Waals surface area (Å²) in [5, 5.41) is 9.12. The first-order valence-corrected chi connectivity index (χ1v) is 42.5. The second kappa shape index (κ2) is 41.4. The van der Waals surface area contributed by atoms with Crippen LogP contribution in [0.2, 0.25) is 13.3 Å². The van der Waals surface area contributed by atoms with Gasteiger partial charge in [-0.2, -0.15) is 0 Å². The van der Waals surface area contributed by atoms with Gasteiger partial charge in [0.2, 0.25) is 0 Å². The van der Waals surface area contributed by atoms with Crippen molar-refractivity contribution in [1.82, 2.24) is 19.9 Å².